The molecule has 1 heterocycles. The molecule has 2 rings (SSSR count). The molecule has 1 aliphatic heterocycles. The maximum atomic E-state index is 12.1. The van der Waals surface area contributed by atoms with Gasteiger partial charge in [0.1, 0.15) is 17.9 Å². The van der Waals surface area contributed by atoms with Gasteiger partial charge in [-0.2, -0.15) is 0 Å². The van der Waals surface area contributed by atoms with Crippen LogP contribution < -0.4 is 15.8 Å². The molecular formula is C15H21N3O3. The number of nitrogens with one attached hydrogen (secondary N) is 1. The van der Waals surface area contributed by atoms with Crippen LogP contribution in [0.4, 0.5) is 4.79 Å². The molecule has 2 unspecified atom stereocenters. The summed E-state index contributed by atoms with van der Waals surface area (Å²) in [7, 11) is 0. The van der Waals surface area contributed by atoms with E-state index in [1.807, 2.05) is 37.3 Å². The number of rotatable bonds is 5. The molecule has 0 saturated carbocycles. The summed E-state index contributed by atoms with van der Waals surface area (Å²) in [5.74, 6) is 0.224. The summed E-state index contributed by atoms with van der Waals surface area (Å²) in [6, 6.07) is 8.47. The fourth-order valence-electron chi connectivity index (χ4n) is 2.40. The minimum absolute atomic E-state index is 0.225. The number of carbonyl (C=O) groups is 2. The molecule has 0 radical (unpaired) electrons. The van der Waals surface area contributed by atoms with E-state index in [9.17, 15) is 9.59 Å². The van der Waals surface area contributed by atoms with Crippen molar-refractivity contribution in [2.24, 2.45) is 5.73 Å². The van der Waals surface area contributed by atoms with Crippen LogP contribution >= 0.6 is 0 Å². The van der Waals surface area contributed by atoms with E-state index in [0.29, 0.717) is 19.5 Å². The molecule has 3 amide bonds. The lowest BCUT2D eigenvalue weighted by atomic mass is 10.2. The Kier molecular flexibility index (Phi) is 5.03. The van der Waals surface area contributed by atoms with Crippen LogP contribution in [0.2, 0.25) is 0 Å². The van der Waals surface area contributed by atoms with Crippen molar-refractivity contribution in [2.45, 2.75) is 31.9 Å². The number of urea groups is 1. The highest BCUT2D eigenvalue weighted by Crippen LogP contribution is 2.23. The lowest BCUT2D eigenvalue weighted by molar-refractivity contribution is -0.121. The number of likely N-dealkylation sites (tertiary alicyclic amines) is 1. The molecule has 1 aliphatic rings. The zero-order chi connectivity index (χ0) is 15.2. The summed E-state index contributed by atoms with van der Waals surface area (Å²) in [4.78, 5) is 25.1. The largest absolute Gasteiger partial charge is 0.488 e. The number of carbonyl (C=O) groups excluding carboxylic acids is 2. The van der Waals surface area contributed by atoms with Gasteiger partial charge in [0.15, 0.2) is 0 Å². The van der Waals surface area contributed by atoms with E-state index in [2.05, 4.69) is 5.32 Å². The standard InChI is InChI=1S/C15H21N3O3/c1-2-8-17-15(20)18-10-12(9-13(18)14(16)19)21-11-6-4-3-5-7-11/h3-7,12-13H,2,8-10H2,1H3,(H2,16,19)(H,17,20). The predicted octanol–water partition coefficient (Wildman–Crippen LogP) is 1.11. The lowest BCUT2D eigenvalue weighted by Gasteiger charge is -2.22. The number of nitrogens with two attached hydrogens (primary N) is 1. The Morgan fingerprint density at radius 3 is 2.71 bits per heavy atom. The molecule has 21 heavy (non-hydrogen) atoms. The fraction of sp³-hybridized carbons (Fsp3) is 0.467. The molecule has 0 spiro atoms. The summed E-state index contributed by atoms with van der Waals surface area (Å²) in [5, 5.41) is 2.77. The Bertz CT molecular complexity index is 492. The van der Waals surface area contributed by atoms with Crippen molar-refractivity contribution in [1.82, 2.24) is 10.2 Å². The van der Waals surface area contributed by atoms with E-state index in [-0.39, 0.29) is 12.1 Å². The van der Waals surface area contributed by atoms with Crippen molar-refractivity contribution in [3.63, 3.8) is 0 Å². The van der Waals surface area contributed by atoms with Crippen LogP contribution in [0.3, 0.4) is 0 Å². The predicted molar refractivity (Wildman–Crippen MR) is 78.9 cm³/mol. The lowest BCUT2D eigenvalue weighted by Crippen LogP contribution is -2.48. The quantitative estimate of drug-likeness (QED) is 0.852. The number of nitrogens with zero attached hydrogens (tertiary/aromatic N) is 1. The molecule has 114 valence electrons. The molecular weight excluding hydrogens is 270 g/mol. The number of primary amides is 1. The third-order valence-corrected chi connectivity index (χ3v) is 3.42. The number of hydrogen-bond donors (Lipinski definition) is 2. The molecule has 2 atom stereocenters. The van der Waals surface area contributed by atoms with Gasteiger partial charge < -0.3 is 20.7 Å². The maximum absolute atomic E-state index is 12.1. The van der Waals surface area contributed by atoms with Gasteiger partial charge in [0.2, 0.25) is 5.91 Å². The van der Waals surface area contributed by atoms with Crippen molar-refractivity contribution in [3.8, 4) is 5.75 Å². The Labute approximate surface area is 124 Å². The Balaban J connectivity index is 2.01. The van der Waals surface area contributed by atoms with Crippen LogP contribution in [-0.4, -0.2) is 42.1 Å². The minimum atomic E-state index is -0.615. The van der Waals surface area contributed by atoms with Crippen LogP contribution in [0.1, 0.15) is 19.8 Å². The molecule has 6 heteroatoms. The first-order chi connectivity index (χ1) is 10.1. The average molecular weight is 291 g/mol. The maximum Gasteiger partial charge on any atom is 0.318 e. The Morgan fingerprint density at radius 2 is 2.10 bits per heavy atom. The molecule has 3 N–H and O–H groups in total. The van der Waals surface area contributed by atoms with Crippen molar-refractivity contribution >= 4 is 11.9 Å². The molecule has 1 aromatic rings. The van der Waals surface area contributed by atoms with Crippen molar-refractivity contribution in [3.05, 3.63) is 30.3 Å². The first-order valence-corrected chi connectivity index (χ1v) is 7.17. The first-order valence-electron chi connectivity index (χ1n) is 7.17. The van der Waals surface area contributed by atoms with Gasteiger partial charge in [-0.1, -0.05) is 25.1 Å². The van der Waals surface area contributed by atoms with Gasteiger partial charge in [0, 0.05) is 13.0 Å². The number of hydrogen-bond acceptors (Lipinski definition) is 3. The summed E-state index contributed by atoms with van der Waals surface area (Å²) < 4.78 is 5.81. The van der Waals surface area contributed by atoms with E-state index >= 15 is 0 Å². The number of benzene rings is 1. The van der Waals surface area contributed by atoms with E-state index < -0.39 is 11.9 Å². The fourth-order valence-corrected chi connectivity index (χ4v) is 2.40. The van der Waals surface area contributed by atoms with Crippen molar-refractivity contribution in [2.75, 3.05) is 13.1 Å². The third kappa shape index (κ3) is 3.87. The highest BCUT2D eigenvalue weighted by molar-refractivity contribution is 5.86. The third-order valence-electron chi connectivity index (χ3n) is 3.42. The minimum Gasteiger partial charge on any atom is -0.488 e. The van der Waals surface area contributed by atoms with Crippen LogP contribution in [0.25, 0.3) is 0 Å². The summed E-state index contributed by atoms with van der Waals surface area (Å²) in [6.07, 6.45) is 1.03. The number of ether oxygens (including phenoxy) is 1. The van der Waals surface area contributed by atoms with Crippen molar-refractivity contribution < 1.29 is 14.3 Å². The second-order valence-electron chi connectivity index (χ2n) is 5.09. The van der Waals surface area contributed by atoms with Crippen LogP contribution in [-0.2, 0) is 4.79 Å². The number of amides is 3. The zero-order valence-corrected chi connectivity index (χ0v) is 12.1. The monoisotopic (exact) mass is 291 g/mol. The Morgan fingerprint density at radius 1 is 1.38 bits per heavy atom. The van der Waals surface area contributed by atoms with E-state index in [0.717, 1.165) is 12.2 Å². The molecule has 0 aliphatic carbocycles. The van der Waals surface area contributed by atoms with Crippen LogP contribution in [0, 0.1) is 0 Å². The van der Waals surface area contributed by atoms with Gasteiger partial charge in [0.05, 0.1) is 6.54 Å². The zero-order valence-electron chi connectivity index (χ0n) is 12.1. The second kappa shape index (κ2) is 6.97. The van der Waals surface area contributed by atoms with Gasteiger partial charge in [0.25, 0.3) is 0 Å². The van der Waals surface area contributed by atoms with E-state index in [1.54, 1.807) is 0 Å². The SMILES string of the molecule is CCCNC(=O)N1CC(Oc2ccccc2)CC1C(N)=O. The van der Waals surface area contributed by atoms with Gasteiger partial charge in [-0.05, 0) is 18.6 Å². The molecule has 1 saturated heterocycles. The smallest absolute Gasteiger partial charge is 0.318 e. The number of para-hydroxylation sites is 1. The highest BCUT2D eigenvalue weighted by atomic mass is 16.5. The molecule has 0 aromatic heterocycles. The first kappa shape index (κ1) is 15.2. The summed E-state index contributed by atoms with van der Waals surface area (Å²) >= 11 is 0. The normalized spacial score (nSPS) is 21.1. The van der Waals surface area contributed by atoms with Gasteiger partial charge in [-0.25, -0.2) is 4.79 Å². The van der Waals surface area contributed by atoms with Crippen molar-refractivity contribution in [1.29, 1.82) is 0 Å². The molecule has 1 aromatic carbocycles. The van der Waals surface area contributed by atoms with E-state index in [4.69, 9.17) is 10.5 Å². The van der Waals surface area contributed by atoms with Crippen LogP contribution in [0.5, 0.6) is 5.75 Å². The average Bonchev–Trinajstić information content (AvgIpc) is 2.90. The highest BCUT2D eigenvalue weighted by Gasteiger charge is 2.39. The molecule has 1 fully saturated rings. The summed E-state index contributed by atoms with van der Waals surface area (Å²) in [5.41, 5.74) is 5.39. The Hall–Kier alpha value is -2.24. The van der Waals surface area contributed by atoms with Gasteiger partial charge >= 0.3 is 6.03 Å². The second-order valence-corrected chi connectivity index (χ2v) is 5.09. The molecule has 6 nitrogen and oxygen atoms in total. The van der Waals surface area contributed by atoms with Gasteiger partial charge in [-0.15, -0.1) is 0 Å². The molecule has 0 bridgehead atoms. The topological polar surface area (TPSA) is 84.7 Å². The summed E-state index contributed by atoms with van der Waals surface area (Å²) in [6.45, 7) is 2.90. The van der Waals surface area contributed by atoms with Crippen LogP contribution in [0.15, 0.2) is 30.3 Å². The van der Waals surface area contributed by atoms with E-state index in [1.165, 1.54) is 4.90 Å². The van der Waals surface area contributed by atoms with Gasteiger partial charge in [-0.3, -0.25) is 4.79 Å².